The van der Waals surface area contributed by atoms with Crippen LogP contribution in [-0.2, 0) is 23.2 Å². The smallest absolute Gasteiger partial charge is 0.307 e. The molecule has 1 aromatic heterocycles. The summed E-state index contributed by atoms with van der Waals surface area (Å²) in [6.45, 7) is 2.25. The van der Waals surface area contributed by atoms with Gasteiger partial charge in [-0.1, -0.05) is 6.92 Å². The fraction of sp³-hybridized carbons (Fsp3) is 0.667. The van der Waals surface area contributed by atoms with E-state index in [0.29, 0.717) is 18.7 Å². The molecule has 7 heteroatoms. The molecule has 3 unspecified atom stereocenters. The van der Waals surface area contributed by atoms with Crippen LogP contribution in [0.1, 0.15) is 25.6 Å². The molecule has 1 saturated carbocycles. The second-order valence-corrected chi connectivity index (χ2v) is 5.20. The number of carbonyl (C=O) groups is 2. The fourth-order valence-corrected chi connectivity index (χ4v) is 2.62. The molecule has 7 nitrogen and oxygen atoms in total. The number of nitrogens with one attached hydrogen (secondary N) is 1. The Hall–Kier alpha value is -1.92. The van der Waals surface area contributed by atoms with Crippen molar-refractivity contribution >= 4 is 11.9 Å². The number of aryl methyl sites for hydroxylation is 1. The summed E-state index contributed by atoms with van der Waals surface area (Å²) in [7, 11) is 1.79. The van der Waals surface area contributed by atoms with E-state index in [4.69, 9.17) is 5.11 Å². The van der Waals surface area contributed by atoms with Crippen molar-refractivity contribution < 1.29 is 14.7 Å². The lowest BCUT2D eigenvalue weighted by atomic mass is 9.95. The van der Waals surface area contributed by atoms with Crippen LogP contribution in [-0.4, -0.2) is 31.7 Å². The Balaban J connectivity index is 1.96. The summed E-state index contributed by atoms with van der Waals surface area (Å²) >= 11 is 0. The minimum Gasteiger partial charge on any atom is -0.481 e. The third kappa shape index (κ3) is 2.91. The van der Waals surface area contributed by atoms with Crippen LogP contribution in [0, 0.1) is 17.8 Å². The van der Waals surface area contributed by atoms with E-state index in [2.05, 4.69) is 15.5 Å². The Kier molecular flexibility index (Phi) is 3.82. The summed E-state index contributed by atoms with van der Waals surface area (Å²) in [6, 6.07) is 0. The van der Waals surface area contributed by atoms with Gasteiger partial charge in [0, 0.05) is 7.05 Å². The van der Waals surface area contributed by atoms with Gasteiger partial charge in [0.25, 0.3) is 0 Å². The highest BCUT2D eigenvalue weighted by Crippen LogP contribution is 2.36. The van der Waals surface area contributed by atoms with Gasteiger partial charge >= 0.3 is 5.97 Å². The van der Waals surface area contributed by atoms with Crippen molar-refractivity contribution in [2.45, 2.75) is 26.3 Å². The van der Waals surface area contributed by atoms with Crippen LogP contribution in [0.15, 0.2) is 6.33 Å². The Morgan fingerprint density at radius 1 is 1.47 bits per heavy atom. The first kappa shape index (κ1) is 13.5. The summed E-state index contributed by atoms with van der Waals surface area (Å²) in [5, 5.41) is 19.5. The fourth-order valence-electron chi connectivity index (χ4n) is 2.62. The summed E-state index contributed by atoms with van der Waals surface area (Å²) < 4.78 is 1.71. The van der Waals surface area contributed by atoms with Gasteiger partial charge in [0.15, 0.2) is 5.82 Å². The van der Waals surface area contributed by atoms with Crippen LogP contribution < -0.4 is 5.32 Å². The largest absolute Gasteiger partial charge is 0.481 e. The zero-order chi connectivity index (χ0) is 14.0. The molecule has 1 aromatic rings. The number of hydrogen-bond acceptors (Lipinski definition) is 4. The molecule has 3 atom stereocenters. The Bertz CT molecular complexity index is 485. The summed E-state index contributed by atoms with van der Waals surface area (Å²) in [5.74, 6) is -1.20. The molecule has 1 heterocycles. The van der Waals surface area contributed by atoms with Gasteiger partial charge in [-0.25, -0.2) is 0 Å². The van der Waals surface area contributed by atoms with Gasteiger partial charge in [-0.3, -0.25) is 9.59 Å². The number of aliphatic carboxylic acids is 1. The highest BCUT2D eigenvalue weighted by molar-refractivity contribution is 5.85. The van der Waals surface area contributed by atoms with E-state index in [1.807, 2.05) is 6.92 Å². The highest BCUT2D eigenvalue weighted by atomic mass is 16.4. The topological polar surface area (TPSA) is 97.1 Å². The van der Waals surface area contributed by atoms with Gasteiger partial charge in [-0.05, 0) is 18.8 Å². The second-order valence-electron chi connectivity index (χ2n) is 5.20. The Morgan fingerprint density at radius 3 is 2.74 bits per heavy atom. The Morgan fingerprint density at radius 2 is 2.16 bits per heavy atom. The van der Waals surface area contributed by atoms with E-state index < -0.39 is 17.8 Å². The first-order valence-electron chi connectivity index (χ1n) is 6.32. The lowest BCUT2D eigenvalue weighted by Crippen LogP contribution is -2.35. The molecule has 0 aliphatic heterocycles. The van der Waals surface area contributed by atoms with Crippen LogP contribution in [0.2, 0.25) is 0 Å². The van der Waals surface area contributed by atoms with E-state index in [1.165, 1.54) is 0 Å². The van der Waals surface area contributed by atoms with Crippen molar-refractivity contribution in [3.63, 3.8) is 0 Å². The molecule has 19 heavy (non-hydrogen) atoms. The van der Waals surface area contributed by atoms with Crippen molar-refractivity contribution in [3.8, 4) is 0 Å². The Labute approximate surface area is 111 Å². The maximum absolute atomic E-state index is 12.1. The summed E-state index contributed by atoms with van der Waals surface area (Å²) in [5.41, 5.74) is 0. The van der Waals surface area contributed by atoms with Crippen LogP contribution in [0.25, 0.3) is 0 Å². The zero-order valence-corrected chi connectivity index (χ0v) is 11.0. The van der Waals surface area contributed by atoms with Crippen molar-refractivity contribution in [1.29, 1.82) is 0 Å². The molecular weight excluding hydrogens is 248 g/mol. The van der Waals surface area contributed by atoms with Crippen LogP contribution in [0.4, 0.5) is 0 Å². The lowest BCUT2D eigenvalue weighted by Gasteiger charge is -2.15. The molecule has 0 bridgehead atoms. The number of carboxylic acid groups (broad SMARTS) is 1. The number of hydrogen-bond donors (Lipinski definition) is 2. The minimum absolute atomic E-state index is 0.209. The van der Waals surface area contributed by atoms with Crippen LogP contribution >= 0.6 is 0 Å². The van der Waals surface area contributed by atoms with E-state index in [9.17, 15) is 9.59 Å². The van der Waals surface area contributed by atoms with E-state index >= 15 is 0 Å². The molecule has 0 aromatic carbocycles. The molecule has 1 aliphatic rings. The number of aromatic nitrogens is 3. The van der Waals surface area contributed by atoms with Crippen LogP contribution in [0.3, 0.4) is 0 Å². The lowest BCUT2D eigenvalue weighted by molar-refractivity contribution is -0.146. The van der Waals surface area contributed by atoms with Gasteiger partial charge < -0.3 is 15.0 Å². The van der Waals surface area contributed by atoms with Crippen molar-refractivity contribution in [1.82, 2.24) is 20.1 Å². The average Bonchev–Trinajstić information content (AvgIpc) is 2.92. The molecule has 104 valence electrons. The van der Waals surface area contributed by atoms with E-state index in [-0.39, 0.29) is 18.4 Å². The monoisotopic (exact) mass is 266 g/mol. The molecule has 0 saturated heterocycles. The molecule has 1 amide bonds. The number of carbonyl (C=O) groups excluding carboxylic acids is 1. The van der Waals surface area contributed by atoms with Crippen LogP contribution in [0.5, 0.6) is 0 Å². The molecule has 1 fully saturated rings. The SMILES string of the molecule is CC1CC(C(=O)O)C(C(=O)NCc2nncn2C)C1. The van der Waals surface area contributed by atoms with Gasteiger partial charge in [0.05, 0.1) is 18.4 Å². The molecule has 0 spiro atoms. The third-order valence-electron chi connectivity index (χ3n) is 3.68. The molecular formula is C12H18N4O3. The normalized spacial score (nSPS) is 26.3. The summed E-state index contributed by atoms with van der Waals surface area (Å²) in [6.07, 6.45) is 2.75. The minimum atomic E-state index is -0.886. The quantitative estimate of drug-likeness (QED) is 0.810. The van der Waals surface area contributed by atoms with Crippen molar-refractivity contribution in [2.75, 3.05) is 0 Å². The molecule has 1 aliphatic carbocycles. The summed E-state index contributed by atoms with van der Waals surface area (Å²) in [4.78, 5) is 23.2. The maximum atomic E-state index is 12.1. The van der Waals surface area contributed by atoms with Gasteiger partial charge in [0.1, 0.15) is 6.33 Å². The van der Waals surface area contributed by atoms with Gasteiger partial charge in [-0.2, -0.15) is 0 Å². The average molecular weight is 266 g/mol. The molecule has 0 radical (unpaired) electrons. The van der Waals surface area contributed by atoms with E-state index in [1.54, 1.807) is 17.9 Å². The second kappa shape index (κ2) is 5.38. The molecule has 2 N–H and O–H groups in total. The number of nitrogens with zero attached hydrogens (tertiary/aromatic N) is 3. The third-order valence-corrected chi connectivity index (χ3v) is 3.68. The predicted octanol–water partition coefficient (Wildman–Crippen LogP) is 0.178. The maximum Gasteiger partial charge on any atom is 0.307 e. The zero-order valence-electron chi connectivity index (χ0n) is 11.0. The predicted molar refractivity (Wildman–Crippen MR) is 65.9 cm³/mol. The van der Waals surface area contributed by atoms with Gasteiger partial charge in [0.2, 0.25) is 5.91 Å². The van der Waals surface area contributed by atoms with E-state index in [0.717, 1.165) is 0 Å². The first-order valence-corrected chi connectivity index (χ1v) is 6.32. The number of rotatable bonds is 4. The molecule has 2 rings (SSSR count). The standard InChI is InChI=1S/C12H18N4O3/c1-7-3-8(9(4-7)12(18)19)11(17)13-5-10-15-14-6-16(10)2/h6-9H,3-5H2,1-2H3,(H,13,17)(H,18,19). The van der Waals surface area contributed by atoms with Crippen molar-refractivity contribution in [3.05, 3.63) is 12.2 Å². The first-order chi connectivity index (χ1) is 8.99. The van der Waals surface area contributed by atoms with Crippen molar-refractivity contribution in [2.24, 2.45) is 24.8 Å². The highest BCUT2D eigenvalue weighted by Gasteiger charge is 2.41. The number of carboxylic acids is 1. The number of amides is 1. The van der Waals surface area contributed by atoms with Gasteiger partial charge in [-0.15, -0.1) is 10.2 Å².